The maximum atomic E-state index is 10.6. The number of aliphatic imine (C=N–C) groups is 1. The first-order valence-electron chi connectivity index (χ1n) is 9.37. The predicted octanol–water partition coefficient (Wildman–Crippen LogP) is 2.69. The second-order valence-corrected chi connectivity index (χ2v) is 6.93. The molecule has 3 N–H and O–H groups in total. The molecular formula is C18H37N3O2. The minimum Gasteiger partial charge on any atom is -0.388 e. The van der Waals surface area contributed by atoms with Gasteiger partial charge in [-0.25, -0.2) is 0 Å². The summed E-state index contributed by atoms with van der Waals surface area (Å²) in [5, 5.41) is 17.2. The van der Waals surface area contributed by atoms with Crippen LogP contribution in [0.15, 0.2) is 4.99 Å². The summed E-state index contributed by atoms with van der Waals surface area (Å²) in [7, 11) is 0. The Hall–Kier alpha value is -0.810. The Morgan fingerprint density at radius 2 is 1.87 bits per heavy atom. The Morgan fingerprint density at radius 3 is 2.43 bits per heavy atom. The van der Waals surface area contributed by atoms with Crippen molar-refractivity contribution in [3.05, 3.63) is 0 Å². The molecule has 0 aromatic heterocycles. The molecule has 0 aromatic carbocycles. The Morgan fingerprint density at radius 1 is 1.17 bits per heavy atom. The summed E-state index contributed by atoms with van der Waals surface area (Å²) < 4.78 is 5.78. The van der Waals surface area contributed by atoms with Crippen LogP contribution < -0.4 is 10.6 Å². The maximum absolute atomic E-state index is 10.6. The Balaban J connectivity index is 2.45. The molecular weight excluding hydrogens is 290 g/mol. The zero-order valence-electron chi connectivity index (χ0n) is 15.5. The van der Waals surface area contributed by atoms with Crippen molar-refractivity contribution in [3.8, 4) is 0 Å². The van der Waals surface area contributed by atoms with Crippen LogP contribution in [-0.2, 0) is 4.74 Å². The number of rotatable bonds is 9. The SMILES string of the molecule is CCNC(=NCC1(O)CCCCC1)NCCC(OCC)C(C)C. The second-order valence-electron chi connectivity index (χ2n) is 6.93. The number of guanidine groups is 1. The van der Waals surface area contributed by atoms with Crippen LogP contribution in [0.1, 0.15) is 66.2 Å². The number of ether oxygens (including phenoxy) is 1. The monoisotopic (exact) mass is 327 g/mol. The van der Waals surface area contributed by atoms with Crippen LogP contribution in [0.25, 0.3) is 0 Å². The molecule has 0 radical (unpaired) electrons. The predicted molar refractivity (Wildman–Crippen MR) is 96.9 cm³/mol. The molecule has 1 unspecified atom stereocenters. The van der Waals surface area contributed by atoms with Gasteiger partial charge in [-0.15, -0.1) is 0 Å². The van der Waals surface area contributed by atoms with E-state index in [1.54, 1.807) is 0 Å². The van der Waals surface area contributed by atoms with Gasteiger partial charge >= 0.3 is 0 Å². The van der Waals surface area contributed by atoms with E-state index in [1.807, 2.05) is 6.92 Å². The molecule has 0 spiro atoms. The molecule has 136 valence electrons. The van der Waals surface area contributed by atoms with Crippen LogP contribution in [0.3, 0.4) is 0 Å². The van der Waals surface area contributed by atoms with E-state index in [2.05, 4.69) is 36.4 Å². The largest absolute Gasteiger partial charge is 0.388 e. The summed E-state index contributed by atoms with van der Waals surface area (Å²) in [6.45, 7) is 11.4. The number of aliphatic hydroxyl groups is 1. The van der Waals surface area contributed by atoms with E-state index in [-0.39, 0.29) is 6.10 Å². The lowest BCUT2D eigenvalue weighted by atomic mass is 9.85. The molecule has 5 nitrogen and oxygen atoms in total. The normalized spacial score (nSPS) is 19.7. The van der Waals surface area contributed by atoms with Crippen molar-refractivity contribution < 1.29 is 9.84 Å². The molecule has 0 heterocycles. The van der Waals surface area contributed by atoms with Crippen LogP contribution in [0.4, 0.5) is 0 Å². The van der Waals surface area contributed by atoms with Crippen molar-refractivity contribution in [1.82, 2.24) is 10.6 Å². The fourth-order valence-corrected chi connectivity index (χ4v) is 3.09. The highest BCUT2D eigenvalue weighted by atomic mass is 16.5. The highest BCUT2D eigenvalue weighted by Gasteiger charge is 2.28. The van der Waals surface area contributed by atoms with Gasteiger partial charge in [-0.2, -0.15) is 0 Å². The fraction of sp³-hybridized carbons (Fsp3) is 0.944. The summed E-state index contributed by atoms with van der Waals surface area (Å²) in [5.41, 5.74) is -0.605. The minimum atomic E-state index is -0.605. The minimum absolute atomic E-state index is 0.276. The van der Waals surface area contributed by atoms with Gasteiger partial charge < -0.3 is 20.5 Å². The van der Waals surface area contributed by atoms with E-state index >= 15 is 0 Å². The van der Waals surface area contributed by atoms with E-state index in [0.29, 0.717) is 12.5 Å². The van der Waals surface area contributed by atoms with Gasteiger partial charge in [0.15, 0.2) is 5.96 Å². The Labute approximate surface area is 142 Å². The van der Waals surface area contributed by atoms with Gasteiger partial charge in [0.05, 0.1) is 18.2 Å². The second kappa shape index (κ2) is 10.9. The Kier molecular flexibility index (Phi) is 9.56. The van der Waals surface area contributed by atoms with Crippen molar-refractivity contribution in [2.45, 2.75) is 77.9 Å². The van der Waals surface area contributed by atoms with Gasteiger partial charge in [0.1, 0.15) is 0 Å². The highest BCUT2D eigenvalue weighted by molar-refractivity contribution is 5.79. The lowest BCUT2D eigenvalue weighted by Gasteiger charge is -2.30. The molecule has 1 fully saturated rings. The quantitative estimate of drug-likeness (QED) is 0.450. The summed E-state index contributed by atoms with van der Waals surface area (Å²) in [6.07, 6.45) is 6.43. The van der Waals surface area contributed by atoms with E-state index in [4.69, 9.17) is 4.74 Å². The molecule has 5 heteroatoms. The van der Waals surface area contributed by atoms with E-state index in [0.717, 1.165) is 57.8 Å². The van der Waals surface area contributed by atoms with Crippen molar-refractivity contribution >= 4 is 5.96 Å². The zero-order valence-corrected chi connectivity index (χ0v) is 15.5. The molecule has 1 saturated carbocycles. The van der Waals surface area contributed by atoms with Gasteiger partial charge in [-0.05, 0) is 39.0 Å². The highest BCUT2D eigenvalue weighted by Crippen LogP contribution is 2.28. The summed E-state index contributed by atoms with van der Waals surface area (Å²) in [4.78, 5) is 4.60. The first-order chi connectivity index (χ1) is 11.0. The van der Waals surface area contributed by atoms with Crippen molar-refractivity contribution in [3.63, 3.8) is 0 Å². The maximum Gasteiger partial charge on any atom is 0.191 e. The number of nitrogens with zero attached hydrogens (tertiary/aromatic N) is 1. The third-order valence-electron chi connectivity index (χ3n) is 4.51. The average Bonchev–Trinajstić information content (AvgIpc) is 2.52. The smallest absolute Gasteiger partial charge is 0.191 e. The third kappa shape index (κ3) is 8.02. The zero-order chi connectivity index (χ0) is 17.1. The van der Waals surface area contributed by atoms with Crippen LogP contribution in [0, 0.1) is 5.92 Å². The van der Waals surface area contributed by atoms with Gasteiger partial charge in [0, 0.05) is 19.7 Å². The lowest BCUT2D eigenvalue weighted by Crippen LogP contribution is -2.42. The molecule has 1 rings (SSSR count). The molecule has 0 amide bonds. The summed E-state index contributed by atoms with van der Waals surface area (Å²) in [6, 6.07) is 0. The van der Waals surface area contributed by atoms with Gasteiger partial charge in [0.25, 0.3) is 0 Å². The molecule has 0 saturated heterocycles. The molecule has 0 aliphatic heterocycles. The molecule has 1 aliphatic rings. The average molecular weight is 328 g/mol. The first kappa shape index (κ1) is 20.2. The topological polar surface area (TPSA) is 65.9 Å². The standard InChI is InChI=1S/C18H37N3O2/c1-5-19-17(20-13-10-16(15(3)4)23-6-2)21-14-18(22)11-8-7-9-12-18/h15-16,22H,5-14H2,1-4H3,(H2,19,20,21). The lowest BCUT2D eigenvalue weighted by molar-refractivity contribution is 0.0131. The third-order valence-corrected chi connectivity index (χ3v) is 4.51. The van der Waals surface area contributed by atoms with E-state index < -0.39 is 5.60 Å². The van der Waals surface area contributed by atoms with Crippen LogP contribution in [-0.4, -0.2) is 49.0 Å². The Bertz CT molecular complexity index is 339. The van der Waals surface area contributed by atoms with Crippen molar-refractivity contribution in [2.75, 3.05) is 26.2 Å². The van der Waals surface area contributed by atoms with E-state index in [9.17, 15) is 5.11 Å². The molecule has 1 aliphatic carbocycles. The molecule has 23 heavy (non-hydrogen) atoms. The molecule has 0 aromatic rings. The van der Waals surface area contributed by atoms with Crippen molar-refractivity contribution in [1.29, 1.82) is 0 Å². The number of hydrogen-bond acceptors (Lipinski definition) is 3. The number of nitrogens with one attached hydrogen (secondary N) is 2. The molecule has 1 atom stereocenters. The van der Waals surface area contributed by atoms with E-state index in [1.165, 1.54) is 6.42 Å². The fourth-order valence-electron chi connectivity index (χ4n) is 3.09. The molecule has 0 bridgehead atoms. The summed E-state index contributed by atoms with van der Waals surface area (Å²) in [5.74, 6) is 1.31. The van der Waals surface area contributed by atoms with Crippen LogP contribution >= 0.6 is 0 Å². The van der Waals surface area contributed by atoms with Crippen LogP contribution in [0.5, 0.6) is 0 Å². The van der Waals surface area contributed by atoms with Crippen LogP contribution in [0.2, 0.25) is 0 Å². The van der Waals surface area contributed by atoms with Gasteiger partial charge in [-0.3, -0.25) is 4.99 Å². The first-order valence-corrected chi connectivity index (χ1v) is 9.37. The van der Waals surface area contributed by atoms with Gasteiger partial charge in [0.2, 0.25) is 0 Å². The number of hydrogen-bond donors (Lipinski definition) is 3. The van der Waals surface area contributed by atoms with Gasteiger partial charge in [-0.1, -0.05) is 33.1 Å². The summed E-state index contributed by atoms with van der Waals surface area (Å²) >= 11 is 0. The van der Waals surface area contributed by atoms with Crippen molar-refractivity contribution in [2.24, 2.45) is 10.9 Å².